The minimum atomic E-state index is -4.47. The van der Waals surface area contributed by atoms with Crippen LogP contribution >= 0.6 is 11.6 Å². The number of hydrogen-bond donors (Lipinski definition) is 1. The van der Waals surface area contributed by atoms with E-state index in [-0.39, 0.29) is 11.6 Å². The summed E-state index contributed by atoms with van der Waals surface area (Å²) < 4.78 is 42.7. The van der Waals surface area contributed by atoms with Gasteiger partial charge in [0.15, 0.2) is 0 Å². The molecule has 22 heavy (non-hydrogen) atoms. The lowest BCUT2D eigenvalue weighted by Crippen LogP contribution is -2.32. The Bertz CT molecular complexity index is 563. The standard InChI is InChI=1S/C15H17ClF3NO2/c1-14(2,3)22-13(21)20-8-4-5-10-6-7-11(12(16)9-10)15(17,18)19/h4-7,9H,8H2,1-3H3,(H,20,21). The highest BCUT2D eigenvalue weighted by Crippen LogP contribution is 2.35. The van der Waals surface area contributed by atoms with Crippen LogP contribution in [0.3, 0.4) is 0 Å². The highest BCUT2D eigenvalue weighted by atomic mass is 35.5. The summed E-state index contributed by atoms with van der Waals surface area (Å²) >= 11 is 5.61. The molecule has 0 fully saturated rings. The zero-order valence-electron chi connectivity index (χ0n) is 12.4. The molecule has 0 aliphatic carbocycles. The molecule has 0 saturated heterocycles. The van der Waals surface area contributed by atoms with E-state index in [9.17, 15) is 18.0 Å². The fraction of sp³-hybridized carbons (Fsp3) is 0.400. The van der Waals surface area contributed by atoms with Crippen molar-refractivity contribution in [3.8, 4) is 0 Å². The molecule has 1 aromatic carbocycles. The first-order chi connectivity index (χ1) is 9.99. The van der Waals surface area contributed by atoms with E-state index in [1.54, 1.807) is 32.9 Å². The number of halogens is 4. The molecule has 122 valence electrons. The number of alkyl carbamates (subject to hydrolysis) is 1. The molecular formula is C15H17ClF3NO2. The normalized spacial score (nSPS) is 12.5. The SMILES string of the molecule is CC(C)(C)OC(=O)NCC=Cc1ccc(C(F)(F)F)c(Cl)c1. The van der Waals surface area contributed by atoms with Crippen molar-refractivity contribution >= 4 is 23.8 Å². The molecule has 0 heterocycles. The maximum absolute atomic E-state index is 12.5. The van der Waals surface area contributed by atoms with Gasteiger partial charge < -0.3 is 10.1 Å². The molecule has 0 saturated carbocycles. The molecule has 0 spiro atoms. The fourth-order valence-electron chi connectivity index (χ4n) is 1.52. The van der Waals surface area contributed by atoms with Gasteiger partial charge in [-0.05, 0) is 38.5 Å². The third-order valence-corrected chi connectivity index (χ3v) is 2.68. The molecular weight excluding hydrogens is 319 g/mol. The van der Waals surface area contributed by atoms with E-state index in [2.05, 4.69) is 5.32 Å². The van der Waals surface area contributed by atoms with Crippen LogP contribution in [0.15, 0.2) is 24.3 Å². The van der Waals surface area contributed by atoms with E-state index in [0.29, 0.717) is 5.56 Å². The van der Waals surface area contributed by atoms with E-state index in [4.69, 9.17) is 16.3 Å². The minimum absolute atomic E-state index is 0.188. The van der Waals surface area contributed by atoms with Gasteiger partial charge in [-0.15, -0.1) is 0 Å². The van der Waals surface area contributed by atoms with Crippen LogP contribution in [-0.4, -0.2) is 18.2 Å². The summed E-state index contributed by atoms with van der Waals surface area (Å²) in [6, 6.07) is 3.44. The Labute approximate surface area is 132 Å². The highest BCUT2D eigenvalue weighted by Gasteiger charge is 2.32. The predicted molar refractivity (Wildman–Crippen MR) is 79.7 cm³/mol. The fourth-order valence-corrected chi connectivity index (χ4v) is 1.81. The van der Waals surface area contributed by atoms with Crippen LogP contribution < -0.4 is 5.32 Å². The third kappa shape index (κ3) is 6.39. The Morgan fingerprint density at radius 3 is 2.45 bits per heavy atom. The van der Waals surface area contributed by atoms with Gasteiger partial charge in [-0.25, -0.2) is 4.79 Å². The summed E-state index contributed by atoms with van der Waals surface area (Å²) in [7, 11) is 0. The second-order valence-corrected chi connectivity index (χ2v) is 5.93. The monoisotopic (exact) mass is 335 g/mol. The van der Waals surface area contributed by atoms with Crippen molar-refractivity contribution in [2.24, 2.45) is 0 Å². The predicted octanol–water partition coefficient (Wildman–Crippen LogP) is 4.90. The number of carbonyl (C=O) groups excluding carboxylic acids is 1. The van der Waals surface area contributed by atoms with Crippen LogP contribution in [0.5, 0.6) is 0 Å². The molecule has 0 aromatic heterocycles. The zero-order chi connectivity index (χ0) is 17.0. The third-order valence-electron chi connectivity index (χ3n) is 2.37. The Morgan fingerprint density at radius 2 is 1.95 bits per heavy atom. The van der Waals surface area contributed by atoms with Gasteiger partial charge in [0.1, 0.15) is 5.60 Å². The lowest BCUT2D eigenvalue weighted by Gasteiger charge is -2.19. The first-order valence-corrected chi connectivity index (χ1v) is 6.87. The topological polar surface area (TPSA) is 38.3 Å². The summed E-state index contributed by atoms with van der Waals surface area (Å²) in [6.45, 7) is 5.42. The van der Waals surface area contributed by atoms with Gasteiger partial charge in [0.2, 0.25) is 0 Å². The molecule has 1 aromatic rings. The molecule has 0 radical (unpaired) electrons. The lowest BCUT2D eigenvalue weighted by molar-refractivity contribution is -0.137. The van der Waals surface area contributed by atoms with Crippen LogP contribution in [0.2, 0.25) is 5.02 Å². The van der Waals surface area contributed by atoms with Crippen molar-refractivity contribution < 1.29 is 22.7 Å². The van der Waals surface area contributed by atoms with Crippen molar-refractivity contribution in [3.63, 3.8) is 0 Å². The molecule has 1 N–H and O–H groups in total. The Morgan fingerprint density at radius 1 is 1.32 bits per heavy atom. The van der Waals surface area contributed by atoms with Crippen molar-refractivity contribution in [1.82, 2.24) is 5.32 Å². The maximum Gasteiger partial charge on any atom is 0.417 e. The smallest absolute Gasteiger partial charge is 0.417 e. The van der Waals surface area contributed by atoms with Crippen molar-refractivity contribution in [1.29, 1.82) is 0 Å². The largest absolute Gasteiger partial charge is 0.444 e. The number of nitrogens with one attached hydrogen (secondary N) is 1. The average Bonchev–Trinajstić information content (AvgIpc) is 2.31. The van der Waals surface area contributed by atoms with Crippen LogP contribution in [0.4, 0.5) is 18.0 Å². The summed E-state index contributed by atoms with van der Waals surface area (Å²) in [4.78, 5) is 11.4. The molecule has 0 unspecified atom stereocenters. The van der Waals surface area contributed by atoms with Crippen LogP contribution in [0.25, 0.3) is 6.08 Å². The zero-order valence-corrected chi connectivity index (χ0v) is 13.2. The Kier molecular flexibility index (Phi) is 5.88. The number of benzene rings is 1. The summed E-state index contributed by atoms with van der Waals surface area (Å²) in [5.74, 6) is 0. The lowest BCUT2D eigenvalue weighted by atomic mass is 10.1. The van der Waals surface area contributed by atoms with Crippen molar-refractivity contribution in [2.45, 2.75) is 32.5 Å². The summed E-state index contributed by atoms with van der Waals surface area (Å²) in [5, 5.41) is 2.13. The van der Waals surface area contributed by atoms with E-state index >= 15 is 0 Å². The number of rotatable bonds is 3. The van der Waals surface area contributed by atoms with Gasteiger partial charge in [-0.1, -0.05) is 29.8 Å². The number of carbonyl (C=O) groups is 1. The van der Waals surface area contributed by atoms with Gasteiger partial charge in [0, 0.05) is 6.54 Å². The maximum atomic E-state index is 12.5. The molecule has 1 amide bonds. The molecule has 7 heteroatoms. The van der Waals surface area contributed by atoms with Crippen LogP contribution in [0, 0.1) is 0 Å². The van der Waals surface area contributed by atoms with Gasteiger partial charge in [0.25, 0.3) is 0 Å². The van der Waals surface area contributed by atoms with Gasteiger partial charge in [-0.2, -0.15) is 13.2 Å². The second-order valence-electron chi connectivity index (χ2n) is 5.52. The van der Waals surface area contributed by atoms with Crippen LogP contribution in [-0.2, 0) is 10.9 Å². The molecule has 1 rings (SSSR count). The van der Waals surface area contributed by atoms with E-state index in [1.165, 1.54) is 12.1 Å². The first kappa shape index (κ1) is 18.4. The highest BCUT2D eigenvalue weighted by molar-refractivity contribution is 6.31. The number of amides is 1. The first-order valence-electron chi connectivity index (χ1n) is 6.49. The molecule has 0 bridgehead atoms. The molecule has 0 atom stereocenters. The Balaban J connectivity index is 2.58. The molecule has 0 aliphatic rings. The number of alkyl halides is 3. The van der Waals surface area contributed by atoms with Gasteiger partial charge >= 0.3 is 12.3 Å². The van der Waals surface area contributed by atoms with Gasteiger partial charge in [-0.3, -0.25) is 0 Å². The second kappa shape index (κ2) is 7.05. The number of hydrogen-bond acceptors (Lipinski definition) is 2. The van der Waals surface area contributed by atoms with E-state index in [1.807, 2.05) is 0 Å². The summed E-state index contributed by atoms with van der Waals surface area (Å²) in [6.07, 6.45) is -1.90. The molecule has 3 nitrogen and oxygen atoms in total. The van der Waals surface area contributed by atoms with E-state index in [0.717, 1.165) is 6.07 Å². The average molecular weight is 336 g/mol. The van der Waals surface area contributed by atoms with Crippen molar-refractivity contribution in [2.75, 3.05) is 6.54 Å². The Hall–Kier alpha value is -1.69. The van der Waals surface area contributed by atoms with Crippen molar-refractivity contribution in [3.05, 3.63) is 40.4 Å². The quantitative estimate of drug-likeness (QED) is 0.853. The number of ether oxygens (including phenoxy) is 1. The van der Waals surface area contributed by atoms with Gasteiger partial charge in [0.05, 0.1) is 10.6 Å². The van der Waals surface area contributed by atoms with E-state index < -0.39 is 23.4 Å². The summed E-state index contributed by atoms with van der Waals surface area (Å²) in [5.41, 5.74) is -0.962. The molecule has 0 aliphatic heterocycles. The van der Waals surface area contributed by atoms with Crippen LogP contribution in [0.1, 0.15) is 31.9 Å². The minimum Gasteiger partial charge on any atom is -0.444 e.